The van der Waals surface area contributed by atoms with E-state index in [0.717, 1.165) is 17.1 Å². The summed E-state index contributed by atoms with van der Waals surface area (Å²) in [5.41, 5.74) is 2.47. The first-order valence-electron chi connectivity index (χ1n) is 10.2. The first-order valence-corrected chi connectivity index (χ1v) is 11.6. The van der Waals surface area contributed by atoms with Crippen molar-refractivity contribution in [1.29, 1.82) is 0 Å². The number of hydrogen-bond donors (Lipinski definition) is 1. The molecule has 1 amide bonds. The van der Waals surface area contributed by atoms with Crippen molar-refractivity contribution >= 4 is 35.0 Å². The van der Waals surface area contributed by atoms with Gasteiger partial charge in [-0.05, 0) is 36.8 Å². The quantitative estimate of drug-likeness (QED) is 0.407. The Bertz CT molecular complexity index is 1340. The Balaban J connectivity index is 1.43. The van der Waals surface area contributed by atoms with Crippen molar-refractivity contribution in [1.82, 2.24) is 24.1 Å². The van der Waals surface area contributed by atoms with Crippen molar-refractivity contribution in [2.45, 2.75) is 18.5 Å². The number of thioether (sulfide) groups is 1. The molecule has 0 saturated carbocycles. The molecule has 2 aromatic heterocycles. The van der Waals surface area contributed by atoms with Gasteiger partial charge in [0.15, 0.2) is 5.16 Å². The number of rotatable bonds is 7. The molecule has 170 valence electrons. The van der Waals surface area contributed by atoms with Gasteiger partial charge in [-0.2, -0.15) is 0 Å². The minimum atomic E-state index is -0.284. The normalized spacial score (nSPS) is 11.0. The summed E-state index contributed by atoms with van der Waals surface area (Å²) in [4.78, 5) is 25.6. The molecule has 0 bridgehead atoms. The summed E-state index contributed by atoms with van der Waals surface area (Å²) in [6.07, 6.45) is 0.607. The van der Waals surface area contributed by atoms with Gasteiger partial charge in [0.05, 0.1) is 17.1 Å². The molecule has 0 unspecified atom stereocenters. The topological polar surface area (TPSA) is 86.7 Å². The number of halogens is 1. The summed E-state index contributed by atoms with van der Waals surface area (Å²) in [5, 5.41) is 12.5. The van der Waals surface area contributed by atoms with E-state index >= 15 is 0 Å². The van der Waals surface area contributed by atoms with Crippen molar-refractivity contribution in [2.24, 2.45) is 14.1 Å². The van der Waals surface area contributed by atoms with Crippen LogP contribution in [0.2, 0.25) is 5.02 Å². The Morgan fingerprint density at radius 3 is 2.45 bits per heavy atom. The Kier molecular flexibility index (Phi) is 6.71. The molecule has 0 fully saturated rings. The van der Waals surface area contributed by atoms with Crippen LogP contribution < -0.4 is 10.9 Å². The Labute approximate surface area is 200 Å². The number of benzene rings is 2. The van der Waals surface area contributed by atoms with Crippen LogP contribution in [0.4, 0.5) is 5.69 Å². The fraction of sp³-hybridized carbons (Fsp3) is 0.217. The van der Waals surface area contributed by atoms with E-state index in [1.807, 2.05) is 66.2 Å². The van der Waals surface area contributed by atoms with Gasteiger partial charge in [-0.3, -0.25) is 14.3 Å². The van der Waals surface area contributed by atoms with E-state index in [9.17, 15) is 9.59 Å². The number of hydrogen-bond acceptors (Lipinski definition) is 5. The van der Waals surface area contributed by atoms with Crippen LogP contribution in [-0.2, 0) is 25.3 Å². The smallest absolute Gasteiger partial charge is 0.295 e. The van der Waals surface area contributed by atoms with Crippen molar-refractivity contribution in [3.8, 4) is 5.69 Å². The van der Waals surface area contributed by atoms with Crippen molar-refractivity contribution in [2.75, 3.05) is 11.1 Å². The third-order valence-electron chi connectivity index (χ3n) is 5.35. The maximum Gasteiger partial charge on any atom is 0.295 e. The number of amides is 1. The summed E-state index contributed by atoms with van der Waals surface area (Å²) in [6.45, 7) is 1.80. The molecule has 2 heterocycles. The number of carbonyl (C=O) groups is 1. The molecule has 10 heteroatoms. The lowest BCUT2D eigenvalue weighted by atomic mass is 10.1. The highest BCUT2D eigenvalue weighted by Crippen LogP contribution is 2.19. The number of para-hydroxylation sites is 1. The summed E-state index contributed by atoms with van der Waals surface area (Å²) in [6, 6.07) is 16.9. The lowest BCUT2D eigenvalue weighted by Gasteiger charge is -2.07. The fourth-order valence-corrected chi connectivity index (χ4v) is 4.28. The van der Waals surface area contributed by atoms with Gasteiger partial charge in [0.1, 0.15) is 11.5 Å². The third kappa shape index (κ3) is 4.89. The van der Waals surface area contributed by atoms with Crippen molar-refractivity contribution in [3.05, 3.63) is 87.1 Å². The number of aromatic nitrogens is 5. The van der Waals surface area contributed by atoms with Crippen LogP contribution in [0.15, 0.2) is 64.5 Å². The molecule has 0 radical (unpaired) electrons. The molecular formula is C23H23ClN6O2S. The van der Waals surface area contributed by atoms with Gasteiger partial charge in [-0.25, -0.2) is 4.68 Å². The maximum atomic E-state index is 13.0. The third-order valence-corrected chi connectivity index (χ3v) is 6.62. The summed E-state index contributed by atoms with van der Waals surface area (Å²) >= 11 is 7.21. The molecule has 0 atom stereocenters. The Morgan fingerprint density at radius 2 is 1.76 bits per heavy atom. The lowest BCUT2D eigenvalue weighted by molar-refractivity contribution is -0.113. The van der Waals surface area contributed by atoms with Gasteiger partial charge >= 0.3 is 0 Å². The van der Waals surface area contributed by atoms with E-state index in [2.05, 4.69) is 15.5 Å². The standard InChI is InChI=1S/C23H23ClN6O2S/c1-15-21(22(32)30(29(15)3)18-7-5-4-6-8-18)25-20(31)14-33-23-27-26-19(28(23)2)13-16-9-11-17(24)12-10-16/h4-12H,13-14H2,1-3H3,(H,25,31). The van der Waals surface area contributed by atoms with Gasteiger partial charge in [-0.1, -0.05) is 53.7 Å². The average Bonchev–Trinajstić information content (AvgIpc) is 3.26. The van der Waals surface area contributed by atoms with Crippen molar-refractivity contribution in [3.63, 3.8) is 0 Å². The monoisotopic (exact) mass is 482 g/mol. The van der Waals surface area contributed by atoms with E-state index in [1.165, 1.54) is 16.4 Å². The highest BCUT2D eigenvalue weighted by Gasteiger charge is 2.19. The molecule has 8 nitrogen and oxygen atoms in total. The zero-order valence-electron chi connectivity index (χ0n) is 18.4. The maximum absolute atomic E-state index is 13.0. The molecule has 0 aliphatic carbocycles. The molecule has 0 aliphatic heterocycles. The predicted octanol–water partition coefficient (Wildman–Crippen LogP) is 3.59. The largest absolute Gasteiger partial charge is 0.319 e. The number of carbonyl (C=O) groups excluding carboxylic acids is 1. The fourth-order valence-electron chi connectivity index (χ4n) is 3.43. The Hall–Kier alpha value is -3.30. The zero-order valence-corrected chi connectivity index (χ0v) is 20.0. The predicted molar refractivity (Wildman–Crippen MR) is 130 cm³/mol. The van der Waals surface area contributed by atoms with Crippen LogP contribution in [-0.4, -0.2) is 35.8 Å². The van der Waals surface area contributed by atoms with Crippen LogP contribution in [0, 0.1) is 6.92 Å². The second-order valence-electron chi connectivity index (χ2n) is 7.53. The molecule has 4 rings (SSSR count). The minimum absolute atomic E-state index is 0.103. The van der Waals surface area contributed by atoms with Crippen LogP contribution in [0.3, 0.4) is 0 Å². The SMILES string of the molecule is Cc1c(NC(=O)CSc2nnc(Cc3ccc(Cl)cc3)n2C)c(=O)n(-c2ccccc2)n1C. The summed E-state index contributed by atoms with van der Waals surface area (Å²) in [7, 11) is 3.65. The molecule has 0 spiro atoms. The van der Waals surface area contributed by atoms with E-state index < -0.39 is 0 Å². The average molecular weight is 483 g/mol. The lowest BCUT2D eigenvalue weighted by Crippen LogP contribution is -2.23. The highest BCUT2D eigenvalue weighted by atomic mass is 35.5. The molecule has 1 N–H and O–H groups in total. The molecule has 2 aromatic carbocycles. The first-order chi connectivity index (χ1) is 15.8. The Morgan fingerprint density at radius 1 is 1.06 bits per heavy atom. The molecular weight excluding hydrogens is 460 g/mol. The van der Waals surface area contributed by atoms with Gasteiger partial charge in [0.2, 0.25) is 5.91 Å². The van der Waals surface area contributed by atoms with Crippen LogP contribution >= 0.6 is 23.4 Å². The number of nitrogens with one attached hydrogen (secondary N) is 1. The molecule has 0 aliphatic rings. The van der Waals surface area contributed by atoms with Gasteiger partial charge in [0.25, 0.3) is 5.56 Å². The van der Waals surface area contributed by atoms with Crippen LogP contribution in [0.5, 0.6) is 0 Å². The van der Waals surface area contributed by atoms with E-state index in [4.69, 9.17) is 11.6 Å². The first kappa shape index (κ1) is 22.9. The van der Waals surface area contributed by atoms with E-state index in [0.29, 0.717) is 22.3 Å². The highest BCUT2D eigenvalue weighted by molar-refractivity contribution is 7.99. The molecule has 0 saturated heterocycles. The molecule has 33 heavy (non-hydrogen) atoms. The summed E-state index contributed by atoms with van der Waals surface area (Å²) in [5.74, 6) is 0.601. The van der Waals surface area contributed by atoms with Gasteiger partial charge in [-0.15, -0.1) is 10.2 Å². The minimum Gasteiger partial charge on any atom is -0.319 e. The van der Waals surface area contributed by atoms with E-state index in [-0.39, 0.29) is 22.9 Å². The number of anilines is 1. The van der Waals surface area contributed by atoms with Gasteiger partial charge in [0, 0.05) is 25.5 Å². The van der Waals surface area contributed by atoms with Crippen LogP contribution in [0.1, 0.15) is 17.1 Å². The summed E-state index contributed by atoms with van der Waals surface area (Å²) < 4.78 is 5.12. The second kappa shape index (κ2) is 9.68. The zero-order chi connectivity index (χ0) is 23.5. The molecule has 4 aromatic rings. The van der Waals surface area contributed by atoms with E-state index in [1.54, 1.807) is 18.7 Å². The second-order valence-corrected chi connectivity index (χ2v) is 8.91. The van der Waals surface area contributed by atoms with Crippen LogP contribution in [0.25, 0.3) is 5.69 Å². The van der Waals surface area contributed by atoms with Gasteiger partial charge < -0.3 is 9.88 Å². The number of nitrogens with zero attached hydrogens (tertiary/aromatic N) is 5. The van der Waals surface area contributed by atoms with Crippen molar-refractivity contribution < 1.29 is 4.79 Å².